The molecule has 0 fully saturated rings. The van der Waals surface area contributed by atoms with Crippen LogP contribution in [-0.4, -0.2) is 30.8 Å². The Morgan fingerprint density at radius 1 is 1.00 bits per heavy atom. The average molecular weight is 363 g/mol. The van der Waals surface area contributed by atoms with E-state index < -0.39 is 24.5 Å². The molecule has 3 rings (SSSR count). The van der Waals surface area contributed by atoms with Gasteiger partial charge in [0.2, 0.25) is 0 Å². The van der Waals surface area contributed by atoms with E-state index in [1.54, 1.807) is 6.08 Å². The summed E-state index contributed by atoms with van der Waals surface area (Å²) < 4.78 is 76.8. The van der Waals surface area contributed by atoms with Crippen LogP contribution in [0.5, 0.6) is 0 Å². The van der Waals surface area contributed by atoms with E-state index >= 15 is 0 Å². The first-order valence-electron chi connectivity index (χ1n) is 7.58. The predicted octanol–water partition coefficient (Wildman–Crippen LogP) is 3.68. The molecule has 0 amide bonds. The van der Waals surface area contributed by atoms with Gasteiger partial charge >= 0.3 is 12.4 Å². The standard InChI is InChI=1S/C16H15F6N3/c17-15(18,19)9-25-14(12-5-7-23-8-6-13(12)24-25)10-1-3-11(4-2-10)16(20,21)22/h1-4,6,23-24H,5,7-9H2. The molecule has 1 aromatic carbocycles. The Labute approximate surface area is 140 Å². The molecule has 0 spiro atoms. The summed E-state index contributed by atoms with van der Waals surface area (Å²) in [4.78, 5) is 0. The van der Waals surface area contributed by atoms with Crippen LogP contribution in [0.1, 0.15) is 17.5 Å². The lowest BCUT2D eigenvalue weighted by molar-refractivity contribution is -0.142. The van der Waals surface area contributed by atoms with Crippen LogP contribution in [-0.2, 0) is 6.18 Å². The molecule has 2 aliphatic heterocycles. The largest absolute Gasteiger partial charge is 0.416 e. The van der Waals surface area contributed by atoms with E-state index in [9.17, 15) is 26.3 Å². The molecular formula is C16H15F6N3. The van der Waals surface area contributed by atoms with Gasteiger partial charge in [0.25, 0.3) is 0 Å². The van der Waals surface area contributed by atoms with Gasteiger partial charge in [-0.25, -0.2) is 0 Å². The van der Waals surface area contributed by atoms with Crippen LogP contribution < -0.4 is 10.7 Å². The van der Waals surface area contributed by atoms with Crippen molar-refractivity contribution in [2.24, 2.45) is 0 Å². The van der Waals surface area contributed by atoms with E-state index in [0.29, 0.717) is 36.3 Å². The highest BCUT2D eigenvalue weighted by atomic mass is 19.4. The van der Waals surface area contributed by atoms with Gasteiger partial charge in [-0.05, 0) is 31.2 Å². The number of rotatable bonds is 2. The van der Waals surface area contributed by atoms with E-state index in [-0.39, 0.29) is 5.70 Å². The molecule has 25 heavy (non-hydrogen) atoms. The summed E-state index contributed by atoms with van der Waals surface area (Å²) in [6.45, 7) is -0.162. The fourth-order valence-electron chi connectivity index (χ4n) is 2.92. The third-order valence-electron chi connectivity index (χ3n) is 3.96. The Hall–Kier alpha value is -2.16. The van der Waals surface area contributed by atoms with Crippen molar-refractivity contribution in [3.63, 3.8) is 0 Å². The van der Waals surface area contributed by atoms with Crippen molar-refractivity contribution < 1.29 is 26.3 Å². The van der Waals surface area contributed by atoms with Gasteiger partial charge < -0.3 is 5.32 Å². The van der Waals surface area contributed by atoms with Gasteiger partial charge in [0.15, 0.2) is 0 Å². The Morgan fingerprint density at radius 3 is 2.28 bits per heavy atom. The number of fused-ring (bicyclic) bond motifs is 1. The zero-order valence-corrected chi connectivity index (χ0v) is 12.9. The molecule has 2 heterocycles. The molecule has 9 heteroatoms. The molecule has 0 aromatic heterocycles. The number of hydrazine groups is 1. The number of hydrogen-bond acceptors (Lipinski definition) is 3. The van der Waals surface area contributed by atoms with E-state index in [0.717, 1.165) is 17.1 Å². The Kier molecular flexibility index (Phi) is 4.44. The van der Waals surface area contributed by atoms with Gasteiger partial charge in [0.1, 0.15) is 6.54 Å². The summed E-state index contributed by atoms with van der Waals surface area (Å²) in [6, 6.07) is 4.17. The minimum absolute atomic E-state index is 0.265. The number of nitrogens with one attached hydrogen (secondary N) is 2. The summed E-state index contributed by atoms with van der Waals surface area (Å²) in [5.41, 5.74) is 3.68. The molecular weight excluding hydrogens is 348 g/mol. The van der Waals surface area contributed by atoms with Crippen LogP contribution in [0.25, 0.3) is 5.70 Å². The fraction of sp³-hybridized carbons (Fsp3) is 0.375. The third-order valence-corrected chi connectivity index (χ3v) is 3.96. The predicted molar refractivity (Wildman–Crippen MR) is 79.8 cm³/mol. The second-order valence-electron chi connectivity index (χ2n) is 5.79. The minimum atomic E-state index is -4.49. The maximum Gasteiger partial charge on any atom is 0.416 e. The number of alkyl halides is 6. The van der Waals surface area contributed by atoms with Crippen LogP contribution in [0.3, 0.4) is 0 Å². The first-order valence-corrected chi connectivity index (χ1v) is 7.58. The number of allylic oxidation sites excluding steroid dienone is 1. The summed E-state index contributed by atoms with van der Waals surface area (Å²) in [7, 11) is 0. The Morgan fingerprint density at radius 2 is 1.68 bits per heavy atom. The number of hydrogen-bond donors (Lipinski definition) is 2. The molecule has 136 valence electrons. The van der Waals surface area contributed by atoms with Crippen molar-refractivity contribution in [3.05, 3.63) is 52.7 Å². The Balaban J connectivity index is 2.02. The highest BCUT2D eigenvalue weighted by Crippen LogP contribution is 2.37. The zero-order valence-electron chi connectivity index (χ0n) is 12.9. The maximum absolute atomic E-state index is 12.9. The van der Waals surface area contributed by atoms with Crippen LogP contribution in [0.4, 0.5) is 26.3 Å². The van der Waals surface area contributed by atoms with Crippen molar-refractivity contribution in [2.45, 2.75) is 18.8 Å². The summed E-state index contributed by atoms with van der Waals surface area (Å²) in [5, 5.41) is 4.05. The third kappa shape index (κ3) is 3.92. The van der Waals surface area contributed by atoms with E-state index in [1.165, 1.54) is 12.1 Å². The molecule has 2 N–H and O–H groups in total. The van der Waals surface area contributed by atoms with Gasteiger partial charge in [-0.15, -0.1) is 0 Å². The SMILES string of the molecule is FC(F)(F)CN1NC2=CCNCCC2=C1c1ccc(C(F)(F)F)cc1. The second-order valence-corrected chi connectivity index (χ2v) is 5.79. The molecule has 0 aliphatic carbocycles. The van der Waals surface area contributed by atoms with Crippen molar-refractivity contribution >= 4 is 5.70 Å². The lowest BCUT2D eigenvalue weighted by Crippen LogP contribution is -2.38. The number of benzene rings is 1. The average Bonchev–Trinajstić information content (AvgIpc) is 2.66. The minimum Gasteiger partial charge on any atom is -0.313 e. The molecule has 0 atom stereocenters. The first kappa shape index (κ1) is 17.7. The van der Waals surface area contributed by atoms with Gasteiger partial charge in [-0.2, -0.15) is 26.3 Å². The van der Waals surface area contributed by atoms with Gasteiger partial charge in [0.05, 0.1) is 17.0 Å². The van der Waals surface area contributed by atoms with Crippen LogP contribution in [0, 0.1) is 0 Å². The van der Waals surface area contributed by atoms with E-state index in [2.05, 4.69) is 10.7 Å². The monoisotopic (exact) mass is 363 g/mol. The van der Waals surface area contributed by atoms with Gasteiger partial charge in [0, 0.05) is 17.7 Å². The quantitative estimate of drug-likeness (QED) is 0.785. The van der Waals surface area contributed by atoms with Crippen LogP contribution >= 0.6 is 0 Å². The second kappa shape index (κ2) is 6.29. The molecule has 2 aliphatic rings. The van der Waals surface area contributed by atoms with Gasteiger partial charge in [-0.3, -0.25) is 10.4 Å². The summed E-state index contributed by atoms with van der Waals surface area (Å²) in [6.07, 6.45) is -6.73. The fourth-order valence-corrected chi connectivity index (χ4v) is 2.92. The van der Waals surface area contributed by atoms with E-state index in [4.69, 9.17) is 0 Å². The highest BCUT2D eigenvalue weighted by Gasteiger charge is 2.37. The molecule has 0 unspecified atom stereocenters. The molecule has 0 bridgehead atoms. The van der Waals surface area contributed by atoms with Gasteiger partial charge in [-0.1, -0.05) is 12.1 Å². The van der Waals surface area contributed by atoms with Crippen molar-refractivity contribution in [3.8, 4) is 0 Å². The number of nitrogens with zero attached hydrogens (tertiary/aromatic N) is 1. The Bertz CT molecular complexity index is 700. The summed E-state index contributed by atoms with van der Waals surface area (Å²) in [5.74, 6) is 0. The van der Waals surface area contributed by atoms with Crippen molar-refractivity contribution in [1.82, 2.24) is 15.8 Å². The number of halogens is 6. The molecule has 0 saturated carbocycles. The zero-order chi connectivity index (χ0) is 18.2. The lowest BCUT2D eigenvalue weighted by atomic mass is 10.0. The maximum atomic E-state index is 12.9. The summed E-state index contributed by atoms with van der Waals surface area (Å²) >= 11 is 0. The van der Waals surface area contributed by atoms with Crippen molar-refractivity contribution in [1.29, 1.82) is 0 Å². The highest BCUT2D eigenvalue weighted by molar-refractivity contribution is 5.74. The smallest absolute Gasteiger partial charge is 0.313 e. The molecule has 3 nitrogen and oxygen atoms in total. The lowest BCUT2D eigenvalue weighted by Gasteiger charge is -2.24. The molecule has 1 aromatic rings. The van der Waals surface area contributed by atoms with E-state index in [1.807, 2.05) is 0 Å². The first-order chi connectivity index (χ1) is 11.6. The normalized spacial score (nSPS) is 18.6. The van der Waals surface area contributed by atoms with Crippen molar-refractivity contribution in [2.75, 3.05) is 19.6 Å². The molecule has 0 radical (unpaired) electrons. The topological polar surface area (TPSA) is 27.3 Å². The van der Waals surface area contributed by atoms with Crippen LogP contribution in [0.15, 0.2) is 41.6 Å². The van der Waals surface area contributed by atoms with Crippen LogP contribution in [0.2, 0.25) is 0 Å². The molecule has 0 saturated heterocycles.